The molecule has 31 N–H and O–H groups in total. The number of guanidine groups is 4. The first-order chi connectivity index (χ1) is 45.4. The van der Waals surface area contributed by atoms with Gasteiger partial charge in [-0.15, -0.1) is 0 Å². The molecule has 39 nitrogen and oxygen atoms in total. The second-order valence-corrected chi connectivity index (χ2v) is 25.9. The number of nitrogens with one attached hydrogen (secondary N) is 11. The first kappa shape index (κ1) is 81.0. The van der Waals surface area contributed by atoms with Crippen LogP contribution < -0.4 is 105 Å². The van der Waals surface area contributed by atoms with E-state index >= 15 is 0 Å². The van der Waals surface area contributed by atoms with Gasteiger partial charge in [0.05, 0.1) is 36.6 Å². The number of amides is 10. The molecule has 1 spiro atoms. The Morgan fingerprint density at radius 1 is 0.667 bits per heavy atom. The highest BCUT2D eigenvalue weighted by Crippen LogP contribution is 2.48. The van der Waals surface area contributed by atoms with Gasteiger partial charge in [-0.1, -0.05) is 54.7 Å². The summed E-state index contributed by atoms with van der Waals surface area (Å²) in [7, 11) is 2.20. The number of carbonyl (C=O) groups is 12. The van der Waals surface area contributed by atoms with Crippen molar-refractivity contribution >= 4 is 116 Å². The van der Waals surface area contributed by atoms with Crippen LogP contribution in [0.5, 0.6) is 0 Å². The molecule has 10 amide bonds. The minimum absolute atomic E-state index is 0.0121. The molecule has 1 aliphatic heterocycles. The fourth-order valence-corrected chi connectivity index (χ4v) is 13.2. The number of hydrogen-bond acceptors (Lipinski definition) is 22. The largest absolute Gasteiger partial charge is 0.481 e. The number of aromatic amines is 1. The summed E-state index contributed by atoms with van der Waals surface area (Å²) in [6.45, 7) is 1.69. The number of carbonyl (C=O) groups excluding carboxylic acids is 10. The minimum atomic E-state index is -1.91. The highest BCUT2D eigenvalue weighted by atomic mass is 33.1. The average Bonchev–Trinajstić information content (AvgIpc) is 0.839. The molecule has 96 heavy (non-hydrogen) atoms. The van der Waals surface area contributed by atoms with Crippen LogP contribution in [0, 0.1) is 5.92 Å². The van der Waals surface area contributed by atoms with Crippen LogP contribution in [0.25, 0.3) is 0 Å². The van der Waals surface area contributed by atoms with Crippen LogP contribution in [-0.4, -0.2) is 219 Å². The van der Waals surface area contributed by atoms with Gasteiger partial charge in [0.15, 0.2) is 23.8 Å². The molecule has 1 saturated carbocycles. The zero-order valence-corrected chi connectivity index (χ0v) is 55.4. The number of aliphatic imine (C=N–C) groups is 4. The van der Waals surface area contributed by atoms with Crippen LogP contribution in [0.1, 0.15) is 116 Å². The van der Waals surface area contributed by atoms with Gasteiger partial charge in [-0.25, -0.2) is 9.78 Å². The summed E-state index contributed by atoms with van der Waals surface area (Å²) < 4.78 is -1.01. The summed E-state index contributed by atoms with van der Waals surface area (Å²) in [6, 6.07) is -13.4. The second-order valence-electron chi connectivity index (χ2n) is 23.2. The number of aliphatic carboxylic acids is 2. The summed E-state index contributed by atoms with van der Waals surface area (Å²) in [5.74, 6) is -14.3. The lowest BCUT2D eigenvalue weighted by atomic mass is 9.83. The standard InChI is InChI=1S/C55H95N25O14S2/c1-28(2)20-34-45(88)76-32(12-8-17-67-52(60)61)44(87)79-37(48(91)77-33(50(93)94)13-9-18-68-53(62)63)26-95-96-55(14-4-3-5-15-55)41(57)49(92)80-54(64)69-19-6-10-30(56)42(85)70-24-38(81)73-35(21-29-23-65-27-72-29)46(89)75-31(11-7-16-66-51(58)59)43(86)71-25-39(82)74-36(22-40(83)84)47(90)78-34/h23,27-28,30-37,41H,3-22,24-26,56-57H2,1-2H3,(H,65,72)(H,70,85)(H,71,86)(H,73,81)(H,74,82)(H,75,89)(H,76,88)(H,77,91)(H,78,90)(H,79,87)(H,83,84)(H,93,94)(H4,58,59,66)(H4,60,61,67)(H4,62,63,68)(H3,64,69,80,92)/t30-,31-,32-,33-,34+,35+,36-,37-,41-/m0/s1. The Hall–Kier alpha value is -9.25. The summed E-state index contributed by atoms with van der Waals surface area (Å²) in [4.78, 5) is 187. The number of nitrogens with zero attached hydrogens (tertiary/aromatic N) is 5. The molecule has 536 valence electrons. The van der Waals surface area contributed by atoms with Crippen molar-refractivity contribution in [2.24, 2.45) is 77.5 Å². The monoisotopic (exact) mass is 1390 g/mol. The van der Waals surface area contributed by atoms with Gasteiger partial charge in [0.1, 0.15) is 48.3 Å². The molecule has 0 bridgehead atoms. The third-order valence-electron chi connectivity index (χ3n) is 14.7. The second kappa shape index (κ2) is 42.2. The molecule has 0 aromatic carbocycles. The van der Waals surface area contributed by atoms with Crippen LogP contribution in [-0.2, 0) is 64.0 Å². The number of aromatic nitrogens is 2. The van der Waals surface area contributed by atoms with E-state index in [0.717, 1.165) is 28.0 Å². The van der Waals surface area contributed by atoms with Gasteiger partial charge in [-0.3, -0.25) is 78.0 Å². The number of hydrogen-bond donors (Lipinski definition) is 22. The van der Waals surface area contributed by atoms with Crippen molar-refractivity contribution in [2.45, 2.75) is 176 Å². The third-order valence-corrected chi connectivity index (χ3v) is 18.1. The van der Waals surface area contributed by atoms with Crippen LogP contribution in [0.15, 0.2) is 32.5 Å². The molecule has 1 aromatic heterocycles. The van der Waals surface area contributed by atoms with Gasteiger partial charge in [0.25, 0.3) is 0 Å². The van der Waals surface area contributed by atoms with Gasteiger partial charge in [-0.2, -0.15) is 0 Å². The van der Waals surface area contributed by atoms with Crippen molar-refractivity contribution in [1.29, 1.82) is 0 Å². The van der Waals surface area contributed by atoms with Gasteiger partial charge >= 0.3 is 11.9 Å². The zero-order valence-electron chi connectivity index (χ0n) is 53.7. The fourth-order valence-electron chi connectivity index (χ4n) is 9.78. The zero-order chi connectivity index (χ0) is 71.5. The normalized spacial score (nSPS) is 23.6. The Labute approximate surface area is 561 Å². The van der Waals surface area contributed by atoms with Crippen molar-refractivity contribution < 1.29 is 67.7 Å². The van der Waals surface area contributed by atoms with E-state index in [2.05, 4.69) is 83.1 Å². The number of imidazole rings is 1. The third kappa shape index (κ3) is 30.9. The van der Waals surface area contributed by atoms with E-state index < -0.39 is 150 Å². The van der Waals surface area contributed by atoms with Crippen molar-refractivity contribution in [3.8, 4) is 0 Å². The first-order valence-electron chi connectivity index (χ1n) is 31.1. The number of carboxylic acid groups (broad SMARTS) is 2. The van der Waals surface area contributed by atoms with E-state index in [1.807, 2.05) is 0 Å². The molecule has 0 saturated heterocycles. The number of nitrogens with two attached hydrogens (primary N) is 9. The maximum atomic E-state index is 14.7. The highest BCUT2D eigenvalue weighted by molar-refractivity contribution is 8.77. The maximum absolute atomic E-state index is 14.7. The first-order valence-corrected chi connectivity index (χ1v) is 33.4. The number of carboxylic acids is 2. The van der Waals surface area contributed by atoms with E-state index in [0.29, 0.717) is 31.4 Å². The Balaban J connectivity index is 2.14. The van der Waals surface area contributed by atoms with E-state index in [-0.39, 0.29) is 126 Å². The molecular formula is C55H95N25O14S2. The lowest BCUT2D eigenvalue weighted by Gasteiger charge is -2.40. The SMILES string of the molecule is CC(C)C[C@H]1NC(=O)[C@H](CC(=O)O)NC(=O)CNC(=O)[C@H](CCCN=C(N)N)NC(=O)[C@@H](Cc2cnc[nH]2)NC(=O)CNC(=O)[C@@H](N)CCCN=C(N)NC(=O)[C@H](N)C2(CCCCC2)SSC[C@@H](C(=O)N[C@@H](CCCN=C(N)N)C(=O)O)NC(=O)[C@H](CCCN=C(N)N)NC1=O. The topological polar surface area (TPSA) is 678 Å². The smallest absolute Gasteiger partial charge is 0.326 e. The fraction of sp³-hybridized carbons (Fsp3) is 0.655. The lowest BCUT2D eigenvalue weighted by molar-refractivity contribution is -0.142. The van der Waals surface area contributed by atoms with Gasteiger partial charge in [0, 0.05) is 50.2 Å². The predicted molar refractivity (Wildman–Crippen MR) is 357 cm³/mol. The Morgan fingerprint density at radius 3 is 1.75 bits per heavy atom. The molecule has 2 aliphatic rings. The molecule has 0 unspecified atom stereocenters. The van der Waals surface area contributed by atoms with E-state index in [9.17, 15) is 67.7 Å². The van der Waals surface area contributed by atoms with Crippen molar-refractivity contribution in [1.82, 2.24) is 63.1 Å². The summed E-state index contributed by atoms with van der Waals surface area (Å²) in [5, 5.41) is 44.9. The van der Waals surface area contributed by atoms with Crippen molar-refractivity contribution in [3.05, 3.63) is 18.2 Å². The molecule has 9 atom stereocenters. The van der Waals surface area contributed by atoms with Crippen LogP contribution in [0.2, 0.25) is 0 Å². The Bertz CT molecular complexity index is 2920. The van der Waals surface area contributed by atoms with E-state index in [1.54, 1.807) is 13.8 Å². The Kier molecular flexibility index (Phi) is 35.6. The number of H-pyrrole nitrogens is 1. The highest BCUT2D eigenvalue weighted by Gasteiger charge is 2.44. The number of rotatable bonds is 21. The summed E-state index contributed by atoms with van der Waals surface area (Å²) >= 11 is 0. The summed E-state index contributed by atoms with van der Waals surface area (Å²) in [5.41, 5.74) is 52.4. The molecule has 1 aliphatic carbocycles. The van der Waals surface area contributed by atoms with Crippen LogP contribution >= 0.6 is 21.6 Å². The molecule has 1 aromatic rings. The quantitative estimate of drug-likeness (QED) is 0.0235. The average molecular weight is 1390 g/mol. The van der Waals surface area contributed by atoms with E-state index in [4.69, 9.17) is 51.6 Å². The molecular weight excluding hydrogens is 1300 g/mol. The van der Waals surface area contributed by atoms with E-state index in [1.165, 1.54) is 12.5 Å². The van der Waals surface area contributed by atoms with Gasteiger partial charge in [0.2, 0.25) is 59.1 Å². The minimum Gasteiger partial charge on any atom is -0.481 e. The van der Waals surface area contributed by atoms with Crippen molar-refractivity contribution in [3.63, 3.8) is 0 Å². The molecule has 41 heteroatoms. The molecule has 3 rings (SSSR count). The van der Waals surface area contributed by atoms with Gasteiger partial charge < -0.3 is 115 Å². The Morgan fingerprint density at radius 2 is 1.20 bits per heavy atom. The molecule has 2 heterocycles. The molecule has 1 fully saturated rings. The predicted octanol–water partition coefficient (Wildman–Crippen LogP) is -7.69. The summed E-state index contributed by atoms with van der Waals surface area (Å²) in [6.07, 6.45) is 4.03. The van der Waals surface area contributed by atoms with Gasteiger partial charge in [-0.05, 0) is 76.5 Å². The van der Waals surface area contributed by atoms with Crippen molar-refractivity contribution in [2.75, 3.05) is 45.0 Å². The maximum Gasteiger partial charge on any atom is 0.326 e. The molecule has 0 radical (unpaired) electrons. The van der Waals surface area contributed by atoms with Crippen LogP contribution in [0.4, 0.5) is 0 Å². The van der Waals surface area contributed by atoms with Crippen LogP contribution in [0.3, 0.4) is 0 Å². The lowest BCUT2D eigenvalue weighted by Crippen LogP contribution is -2.60.